The average Bonchev–Trinajstić information content (AvgIpc) is 2.94. The van der Waals surface area contributed by atoms with Crippen LogP contribution in [0.4, 0.5) is 10.1 Å². The molecule has 0 saturated heterocycles. The molecule has 11 heteroatoms. The lowest BCUT2D eigenvalue weighted by Crippen LogP contribution is -2.54. The highest BCUT2D eigenvalue weighted by Gasteiger charge is 2.33. The molecule has 0 heterocycles. The Morgan fingerprint density at radius 1 is 0.929 bits per heavy atom. The summed E-state index contributed by atoms with van der Waals surface area (Å²) in [6.45, 7) is 8.43. The molecular formula is C31H38FN3O6S. The van der Waals surface area contributed by atoms with Gasteiger partial charge in [0, 0.05) is 18.2 Å². The Morgan fingerprint density at radius 3 is 2.07 bits per heavy atom. The lowest BCUT2D eigenvalue weighted by atomic mass is 10.1. The van der Waals surface area contributed by atoms with Crippen molar-refractivity contribution in [3.05, 3.63) is 83.7 Å². The number of anilines is 1. The average molecular weight is 600 g/mol. The van der Waals surface area contributed by atoms with Gasteiger partial charge in [0.25, 0.3) is 10.0 Å². The fourth-order valence-electron chi connectivity index (χ4n) is 4.19. The zero-order valence-corrected chi connectivity index (χ0v) is 25.8. The summed E-state index contributed by atoms with van der Waals surface area (Å²) < 4.78 is 53.3. The quantitative estimate of drug-likeness (QED) is 0.343. The van der Waals surface area contributed by atoms with Crippen LogP contribution in [-0.2, 0) is 26.2 Å². The maximum absolute atomic E-state index is 14.0. The third-order valence-corrected chi connectivity index (χ3v) is 8.25. The number of carbonyl (C=O) groups excluding carboxylic acids is 2. The van der Waals surface area contributed by atoms with Crippen LogP contribution < -0.4 is 19.1 Å². The van der Waals surface area contributed by atoms with Crippen LogP contribution in [0.1, 0.15) is 38.8 Å². The molecule has 3 aromatic rings. The van der Waals surface area contributed by atoms with Gasteiger partial charge < -0.3 is 19.7 Å². The second kappa shape index (κ2) is 13.2. The second-order valence-corrected chi connectivity index (χ2v) is 12.8. The Hall–Kier alpha value is -4.12. The third kappa shape index (κ3) is 8.00. The Balaban J connectivity index is 2.07. The van der Waals surface area contributed by atoms with Crippen molar-refractivity contribution in [2.24, 2.45) is 0 Å². The van der Waals surface area contributed by atoms with Crippen molar-refractivity contribution in [1.82, 2.24) is 10.2 Å². The zero-order chi connectivity index (χ0) is 31.2. The smallest absolute Gasteiger partial charge is 0.264 e. The summed E-state index contributed by atoms with van der Waals surface area (Å²) in [4.78, 5) is 28.4. The van der Waals surface area contributed by atoms with Crippen molar-refractivity contribution in [1.29, 1.82) is 0 Å². The van der Waals surface area contributed by atoms with E-state index in [2.05, 4.69) is 5.32 Å². The van der Waals surface area contributed by atoms with Gasteiger partial charge in [-0.1, -0.05) is 29.8 Å². The molecule has 0 fully saturated rings. The molecule has 0 aliphatic rings. The third-order valence-electron chi connectivity index (χ3n) is 6.48. The maximum Gasteiger partial charge on any atom is 0.264 e. The Morgan fingerprint density at radius 2 is 1.52 bits per heavy atom. The fourth-order valence-corrected chi connectivity index (χ4v) is 5.62. The first-order valence-electron chi connectivity index (χ1n) is 13.3. The normalized spacial score (nSPS) is 12.3. The Kier molecular flexibility index (Phi) is 10.2. The molecular weight excluding hydrogens is 561 g/mol. The number of methoxy groups -OCH3 is 2. The summed E-state index contributed by atoms with van der Waals surface area (Å²) in [7, 11) is -1.58. The predicted molar refractivity (Wildman–Crippen MR) is 160 cm³/mol. The van der Waals surface area contributed by atoms with Crippen molar-refractivity contribution >= 4 is 27.5 Å². The summed E-state index contributed by atoms with van der Waals surface area (Å²) in [6, 6.07) is 15.4. The molecule has 0 aliphatic heterocycles. The summed E-state index contributed by atoms with van der Waals surface area (Å²) in [5, 5.41) is 2.89. The van der Waals surface area contributed by atoms with Gasteiger partial charge in [-0.05, 0) is 76.6 Å². The number of aryl methyl sites for hydroxylation is 1. The van der Waals surface area contributed by atoms with Crippen LogP contribution in [0.15, 0.2) is 71.6 Å². The van der Waals surface area contributed by atoms with Gasteiger partial charge in [-0.2, -0.15) is 0 Å². The molecule has 42 heavy (non-hydrogen) atoms. The molecule has 2 amide bonds. The van der Waals surface area contributed by atoms with E-state index in [1.165, 1.54) is 49.5 Å². The lowest BCUT2D eigenvalue weighted by molar-refractivity contribution is -0.140. The molecule has 0 bridgehead atoms. The Bertz CT molecular complexity index is 1500. The molecule has 0 saturated carbocycles. The number of halogens is 1. The number of nitrogens with one attached hydrogen (secondary N) is 1. The Labute approximate surface area is 247 Å². The van der Waals surface area contributed by atoms with Gasteiger partial charge in [0.15, 0.2) is 11.5 Å². The van der Waals surface area contributed by atoms with E-state index in [0.717, 1.165) is 27.6 Å². The largest absolute Gasteiger partial charge is 0.493 e. The second-order valence-electron chi connectivity index (χ2n) is 10.9. The minimum absolute atomic E-state index is 0.0610. The number of hydrogen-bond acceptors (Lipinski definition) is 6. The van der Waals surface area contributed by atoms with Crippen molar-refractivity contribution in [3.63, 3.8) is 0 Å². The van der Waals surface area contributed by atoms with Gasteiger partial charge in [-0.15, -0.1) is 0 Å². The summed E-state index contributed by atoms with van der Waals surface area (Å²) in [5.74, 6) is -1.08. The van der Waals surface area contributed by atoms with Crippen LogP contribution in [0.5, 0.6) is 11.5 Å². The van der Waals surface area contributed by atoms with E-state index in [1.54, 1.807) is 6.92 Å². The van der Waals surface area contributed by atoms with Crippen LogP contribution in [0.25, 0.3) is 0 Å². The van der Waals surface area contributed by atoms with Crippen molar-refractivity contribution in [2.45, 2.75) is 57.6 Å². The molecule has 9 nitrogen and oxygen atoms in total. The van der Waals surface area contributed by atoms with Crippen LogP contribution >= 0.6 is 0 Å². The first kappa shape index (κ1) is 32.4. The minimum atomic E-state index is -4.38. The first-order valence-corrected chi connectivity index (χ1v) is 14.8. The highest BCUT2D eigenvalue weighted by molar-refractivity contribution is 7.92. The first-order chi connectivity index (χ1) is 19.7. The minimum Gasteiger partial charge on any atom is -0.493 e. The van der Waals surface area contributed by atoms with E-state index in [0.29, 0.717) is 5.75 Å². The summed E-state index contributed by atoms with van der Waals surface area (Å²) in [6.07, 6.45) is 0. The lowest BCUT2D eigenvalue weighted by Gasteiger charge is -2.33. The van der Waals surface area contributed by atoms with Gasteiger partial charge in [0.05, 0.1) is 24.8 Å². The highest BCUT2D eigenvalue weighted by atomic mass is 32.2. The van der Waals surface area contributed by atoms with E-state index in [9.17, 15) is 22.4 Å². The number of benzene rings is 3. The van der Waals surface area contributed by atoms with E-state index >= 15 is 0 Å². The number of rotatable bonds is 11. The van der Waals surface area contributed by atoms with Crippen LogP contribution in [0.2, 0.25) is 0 Å². The topological polar surface area (TPSA) is 105 Å². The monoisotopic (exact) mass is 599 g/mol. The van der Waals surface area contributed by atoms with Gasteiger partial charge in [0.2, 0.25) is 11.8 Å². The predicted octanol–water partition coefficient (Wildman–Crippen LogP) is 4.68. The van der Waals surface area contributed by atoms with Gasteiger partial charge in [-0.3, -0.25) is 13.9 Å². The molecule has 0 aliphatic carbocycles. The number of ether oxygens (including phenoxy) is 2. The fraction of sp³-hybridized carbons (Fsp3) is 0.355. The number of hydrogen-bond donors (Lipinski definition) is 1. The zero-order valence-electron chi connectivity index (χ0n) is 25.0. The van der Waals surface area contributed by atoms with Gasteiger partial charge in [-0.25, -0.2) is 12.8 Å². The van der Waals surface area contributed by atoms with Gasteiger partial charge >= 0.3 is 0 Å². The van der Waals surface area contributed by atoms with Crippen LogP contribution in [-0.4, -0.2) is 57.5 Å². The van der Waals surface area contributed by atoms with Crippen molar-refractivity contribution in [2.75, 3.05) is 25.1 Å². The van der Waals surface area contributed by atoms with Crippen LogP contribution in [0.3, 0.4) is 0 Å². The maximum atomic E-state index is 14.0. The molecule has 1 atom stereocenters. The highest BCUT2D eigenvalue weighted by Crippen LogP contribution is 2.32. The number of sulfonamides is 1. The SMILES string of the molecule is COc1ccc(S(=O)(=O)N(CC(=O)N(Cc2ccc(C)cc2)C(C)C(=O)NC(C)(C)C)c2ccc(F)cc2)cc1OC. The molecule has 0 aromatic heterocycles. The molecule has 226 valence electrons. The molecule has 1 N–H and O–H groups in total. The number of nitrogens with zero attached hydrogens (tertiary/aromatic N) is 2. The summed E-state index contributed by atoms with van der Waals surface area (Å²) >= 11 is 0. The van der Waals surface area contributed by atoms with Crippen molar-refractivity contribution < 1.29 is 31.9 Å². The van der Waals surface area contributed by atoms with E-state index in [1.807, 2.05) is 52.0 Å². The number of amides is 2. The van der Waals surface area contributed by atoms with Crippen LogP contribution in [0, 0.1) is 12.7 Å². The van der Waals surface area contributed by atoms with Gasteiger partial charge in [0.1, 0.15) is 18.4 Å². The molecule has 3 aromatic carbocycles. The standard InChI is InChI=1S/C31H38FN3O6S/c1-21-8-10-23(11-9-21)19-34(22(2)30(37)33-31(3,4)5)29(36)20-35(25-14-12-24(32)13-15-25)42(38,39)26-16-17-27(40-6)28(18-26)41-7/h8-18,22H,19-20H2,1-7H3,(H,33,37). The molecule has 1 unspecified atom stereocenters. The van der Waals surface area contributed by atoms with E-state index in [-0.39, 0.29) is 28.8 Å². The van der Waals surface area contributed by atoms with E-state index < -0.39 is 39.9 Å². The number of carbonyl (C=O) groups is 2. The van der Waals surface area contributed by atoms with E-state index in [4.69, 9.17) is 9.47 Å². The molecule has 3 rings (SSSR count). The summed E-state index contributed by atoms with van der Waals surface area (Å²) in [5.41, 5.74) is 1.31. The van der Waals surface area contributed by atoms with Crippen molar-refractivity contribution in [3.8, 4) is 11.5 Å². The molecule has 0 spiro atoms. The molecule has 0 radical (unpaired) electrons.